The van der Waals surface area contributed by atoms with E-state index in [1.807, 2.05) is 20.8 Å². The van der Waals surface area contributed by atoms with Crippen LogP contribution in [0.4, 0.5) is 0 Å². The number of nitrogens with one attached hydrogen (secondary N) is 1. The third-order valence-corrected chi connectivity index (χ3v) is 3.78. The Morgan fingerprint density at radius 3 is 2.29 bits per heavy atom. The van der Waals surface area contributed by atoms with Crippen molar-refractivity contribution in [1.29, 1.82) is 5.26 Å². The summed E-state index contributed by atoms with van der Waals surface area (Å²) in [5.74, 6) is 0.706. The summed E-state index contributed by atoms with van der Waals surface area (Å²) in [6, 6.07) is 2.33. The average molecular weight is 236 g/mol. The van der Waals surface area contributed by atoms with Gasteiger partial charge in [-0.1, -0.05) is 34.1 Å². The molecule has 0 spiro atoms. The highest BCUT2D eigenvalue weighted by Crippen LogP contribution is 2.34. The first-order valence-electron chi connectivity index (χ1n) is 6.57. The number of hydrogen-bond acceptors (Lipinski definition) is 2. The van der Waals surface area contributed by atoms with Crippen LogP contribution in [0.1, 0.15) is 59.8 Å². The van der Waals surface area contributed by atoms with Crippen LogP contribution in [-0.4, -0.2) is 11.4 Å². The first-order valence-corrected chi connectivity index (χ1v) is 6.57. The van der Waals surface area contributed by atoms with E-state index in [0.29, 0.717) is 0 Å². The van der Waals surface area contributed by atoms with E-state index in [-0.39, 0.29) is 5.91 Å². The maximum Gasteiger partial charge on any atom is 0.226 e. The quantitative estimate of drug-likeness (QED) is 0.801. The first-order chi connectivity index (χ1) is 7.83. The van der Waals surface area contributed by atoms with Crippen molar-refractivity contribution in [3.63, 3.8) is 0 Å². The van der Waals surface area contributed by atoms with Crippen LogP contribution in [0, 0.1) is 22.7 Å². The number of carbonyl (C=O) groups excluding carboxylic acids is 1. The number of rotatable bonds is 2. The van der Waals surface area contributed by atoms with E-state index in [1.54, 1.807) is 0 Å². The lowest BCUT2D eigenvalue weighted by atomic mass is 9.76. The van der Waals surface area contributed by atoms with Gasteiger partial charge in [-0.2, -0.15) is 5.26 Å². The lowest BCUT2D eigenvalue weighted by Gasteiger charge is -2.37. The summed E-state index contributed by atoms with van der Waals surface area (Å²) in [5, 5.41) is 12.3. The van der Waals surface area contributed by atoms with Gasteiger partial charge < -0.3 is 5.32 Å². The number of hydrogen-bond donors (Lipinski definition) is 1. The van der Waals surface area contributed by atoms with Gasteiger partial charge >= 0.3 is 0 Å². The maximum atomic E-state index is 12.0. The lowest BCUT2D eigenvalue weighted by molar-refractivity contribution is -0.130. The third-order valence-electron chi connectivity index (χ3n) is 3.78. The van der Waals surface area contributed by atoms with Gasteiger partial charge in [0.05, 0.1) is 6.07 Å². The monoisotopic (exact) mass is 236 g/mol. The normalized spacial score (nSPS) is 29.5. The summed E-state index contributed by atoms with van der Waals surface area (Å²) in [5.41, 5.74) is -1.04. The molecule has 0 aromatic heterocycles. The van der Waals surface area contributed by atoms with Gasteiger partial charge in [0, 0.05) is 5.41 Å². The summed E-state index contributed by atoms with van der Waals surface area (Å²) in [6.45, 7) is 7.83. The second-order valence-corrected chi connectivity index (χ2v) is 6.25. The number of amides is 1. The van der Waals surface area contributed by atoms with Gasteiger partial charge in [0.25, 0.3) is 0 Å². The third kappa shape index (κ3) is 3.46. The van der Waals surface area contributed by atoms with Gasteiger partial charge in [-0.05, 0) is 31.6 Å². The van der Waals surface area contributed by atoms with Crippen LogP contribution in [-0.2, 0) is 4.79 Å². The number of nitriles is 1. The highest BCUT2D eigenvalue weighted by molar-refractivity contribution is 5.82. The van der Waals surface area contributed by atoms with Crippen molar-refractivity contribution in [2.45, 2.75) is 65.3 Å². The maximum absolute atomic E-state index is 12.0. The summed E-state index contributed by atoms with van der Waals surface area (Å²) >= 11 is 0. The molecule has 1 saturated carbocycles. The van der Waals surface area contributed by atoms with E-state index in [0.717, 1.165) is 31.6 Å². The molecule has 0 aromatic carbocycles. The fraction of sp³-hybridized carbons (Fsp3) is 0.857. The van der Waals surface area contributed by atoms with E-state index in [1.165, 1.54) is 6.42 Å². The minimum atomic E-state index is -0.615. The van der Waals surface area contributed by atoms with Crippen LogP contribution in [0.2, 0.25) is 0 Å². The molecule has 3 heteroatoms. The molecule has 0 unspecified atom stereocenters. The Morgan fingerprint density at radius 2 is 1.94 bits per heavy atom. The van der Waals surface area contributed by atoms with Crippen LogP contribution in [0.5, 0.6) is 0 Å². The standard InChI is InChI=1S/C14H24N2O/c1-5-11-6-8-14(10-15,9-7-11)16-12(17)13(2,3)4/h11H,5-9H2,1-4H3,(H,16,17). The molecule has 1 aliphatic carbocycles. The average Bonchev–Trinajstić information content (AvgIpc) is 2.28. The SMILES string of the molecule is CCC1CCC(C#N)(NC(=O)C(C)(C)C)CC1. The van der Waals surface area contributed by atoms with Crippen LogP contribution in [0.25, 0.3) is 0 Å². The largest absolute Gasteiger partial charge is 0.337 e. The zero-order chi connectivity index (χ0) is 13.1. The van der Waals surface area contributed by atoms with Crippen molar-refractivity contribution in [1.82, 2.24) is 5.32 Å². The van der Waals surface area contributed by atoms with E-state index in [9.17, 15) is 10.1 Å². The molecule has 0 radical (unpaired) electrons. The van der Waals surface area contributed by atoms with Crippen LogP contribution in [0.15, 0.2) is 0 Å². The Balaban J connectivity index is 2.67. The highest BCUT2D eigenvalue weighted by Gasteiger charge is 2.38. The molecule has 1 rings (SSSR count). The van der Waals surface area contributed by atoms with Gasteiger partial charge in [-0.25, -0.2) is 0 Å². The molecule has 17 heavy (non-hydrogen) atoms. The fourth-order valence-corrected chi connectivity index (χ4v) is 2.25. The van der Waals surface area contributed by atoms with E-state index >= 15 is 0 Å². The molecule has 0 heterocycles. The predicted octanol–water partition coefficient (Wildman–Crippen LogP) is 3.01. The first kappa shape index (κ1) is 14.0. The number of nitrogens with zero attached hydrogens (tertiary/aromatic N) is 1. The second kappa shape index (κ2) is 5.08. The zero-order valence-corrected chi connectivity index (χ0v) is 11.5. The molecule has 1 fully saturated rings. The smallest absolute Gasteiger partial charge is 0.226 e. The molecule has 0 aliphatic heterocycles. The van der Waals surface area contributed by atoms with Crippen molar-refractivity contribution in [3.05, 3.63) is 0 Å². The second-order valence-electron chi connectivity index (χ2n) is 6.25. The van der Waals surface area contributed by atoms with Gasteiger partial charge in [0.2, 0.25) is 5.91 Å². The summed E-state index contributed by atoms with van der Waals surface area (Å²) < 4.78 is 0. The minimum absolute atomic E-state index is 0.0194. The van der Waals surface area contributed by atoms with Crippen LogP contribution in [0.3, 0.4) is 0 Å². The van der Waals surface area contributed by atoms with Gasteiger partial charge in [-0.3, -0.25) is 4.79 Å². The van der Waals surface area contributed by atoms with Crippen molar-refractivity contribution < 1.29 is 4.79 Å². The molecular weight excluding hydrogens is 212 g/mol. The zero-order valence-electron chi connectivity index (χ0n) is 11.5. The molecule has 1 aliphatic rings. The Labute approximate surface area is 105 Å². The molecule has 0 aromatic rings. The van der Waals surface area contributed by atoms with Crippen molar-refractivity contribution in [2.75, 3.05) is 0 Å². The van der Waals surface area contributed by atoms with Crippen LogP contribution < -0.4 is 5.32 Å². The Hall–Kier alpha value is -1.04. The molecule has 0 saturated heterocycles. The van der Waals surface area contributed by atoms with Crippen LogP contribution >= 0.6 is 0 Å². The van der Waals surface area contributed by atoms with Gasteiger partial charge in [0.1, 0.15) is 5.54 Å². The van der Waals surface area contributed by atoms with Crippen molar-refractivity contribution in [3.8, 4) is 6.07 Å². The Morgan fingerprint density at radius 1 is 1.41 bits per heavy atom. The van der Waals surface area contributed by atoms with Gasteiger partial charge in [-0.15, -0.1) is 0 Å². The van der Waals surface area contributed by atoms with E-state index in [4.69, 9.17) is 0 Å². The van der Waals surface area contributed by atoms with E-state index in [2.05, 4.69) is 18.3 Å². The predicted molar refractivity (Wildman–Crippen MR) is 68.2 cm³/mol. The molecule has 1 N–H and O–H groups in total. The van der Waals surface area contributed by atoms with Crippen molar-refractivity contribution in [2.24, 2.45) is 11.3 Å². The summed E-state index contributed by atoms with van der Waals surface area (Å²) in [7, 11) is 0. The fourth-order valence-electron chi connectivity index (χ4n) is 2.25. The number of carbonyl (C=O) groups is 1. The minimum Gasteiger partial charge on any atom is -0.337 e. The van der Waals surface area contributed by atoms with E-state index < -0.39 is 11.0 Å². The molecule has 1 amide bonds. The lowest BCUT2D eigenvalue weighted by Crippen LogP contribution is -2.52. The molecule has 0 atom stereocenters. The molecule has 3 nitrogen and oxygen atoms in total. The molecular formula is C14H24N2O. The van der Waals surface area contributed by atoms with Crippen molar-refractivity contribution >= 4 is 5.91 Å². The molecule has 96 valence electrons. The van der Waals surface area contributed by atoms with Gasteiger partial charge in [0.15, 0.2) is 0 Å². The topological polar surface area (TPSA) is 52.9 Å². The Bertz CT molecular complexity index is 314. The highest BCUT2D eigenvalue weighted by atomic mass is 16.2. The summed E-state index contributed by atoms with van der Waals surface area (Å²) in [4.78, 5) is 12.0. The molecule has 0 bridgehead atoms. The summed E-state index contributed by atoms with van der Waals surface area (Å²) in [6.07, 6.45) is 4.87. The Kier molecular flexibility index (Phi) is 4.19.